The van der Waals surface area contributed by atoms with Crippen LogP contribution in [0.15, 0.2) is 77.6 Å². The molecule has 148 valence electrons. The minimum Gasteiger partial charge on any atom is -0.456 e. The zero-order valence-corrected chi connectivity index (χ0v) is 15.7. The summed E-state index contributed by atoms with van der Waals surface area (Å²) in [6, 6.07) is 20.8. The topological polar surface area (TPSA) is 83.8 Å². The second kappa shape index (κ2) is 9.36. The van der Waals surface area contributed by atoms with Crippen LogP contribution in [0.25, 0.3) is 0 Å². The van der Waals surface area contributed by atoms with Crippen molar-refractivity contribution in [3.63, 3.8) is 0 Å². The third-order valence-electron chi connectivity index (χ3n) is 3.89. The zero-order chi connectivity index (χ0) is 20.6. The molecule has 1 heterocycles. The van der Waals surface area contributed by atoms with Gasteiger partial charge in [0.15, 0.2) is 11.4 Å². The number of benzene rings is 2. The molecular weight excluding hydrogens is 374 g/mol. The lowest BCUT2D eigenvalue weighted by molar-refractivity contribution is -0.132. The quantitative estimate of drug-likeness (QED) is 0.574. The van der Waals surface area contributed by atoms with Crippen LogP contribution in [0.1, 0.15) is 28.5 Å². The molecule has 0 amide bonds. The van der Waals surface area contributed by atoms with Crippen LogP contribution in [0, 0.1) is 0 Å². The van der Waals surface area contributed by atoms with Crippen LogP contribution in [0.3, 0.4) is 0 Å². The lowest BCUT2D eigenvalue weighted by Crippen LogP contribution is -2.33. The Kier molecular flexibility index (Phi) is 6.42. The van der Waals surface area contributed by atoms with Gasteiger partial charge in [-0.25, -0.2) is 4.79 Å². The van der Waals surface area contributed by atoms with Gasteiger partial charge in [-0.2, -0.15) is 0 Å². The summed E-state index contributed by atoms with van der Waals surface area (Å²) in [5.74, 6) is -1.64. The maximum Gasteiger partial charge on any atom is 0.358 e. The highest BCUT2D eigenvalue weighted by molar-refractivity contribution is 5.87. The summed E-state index contributed by atoms with van der Waals surface area (Å²) in [5.41, 5.74) is 0.709. The van der Waals surface area contributed by atoms with E-state index in [9.17, 15) is 14.4 Å². The first-order valence-corrected chi connectivity index (χ1v) is 8.87. The highest BCUT2D eigenvalue weighted by atomic mass is 16.7. The number of ether oxygens (including phenoxy) is 2. The molecule has 0 radical (unpaired) electrons. The number of nitrogens with zero attached hydrogens (tertiary/aromatic N) is 1. The monoisotopic (exact) mass is 393 g/mol. The number of aromatic nitrogens is 1. The highest BCUT2D eigenvalue weighted by Gasteiger charge is 2.19. The average Bonchev–Trinajstić information content (AvgIpc) is 2.73. The summed E-state index contributed by atoms with van der Waals surface area (Å²) in [6.45, 7) is 1.25. The van der Waals surface area contributed by atoms with Crippen molar-refractivity contribution in [2.75, 3.05) is 0 Å². The Labute approximate surface area is 167 Å². The van der Waals surface area contributed by atoms with Gasteiger partial charge in [-0.05, 0) is 23.3 Å². The smallest absolute Gasteiger partial charge is 0.358 e. The Balaban J connectivity index is 1.85. The van der Waals surface area contributed by atoms with Crippen molar-refractivity contribution in [1.82, 2.24) is 4.73 Å². The Hall–Kier alpha value is -3.87. The van der Waals surface area contributed by atoms with E-state index in [1.54, 1.807) is 0 Å². The van der Waals surface area contributed by atoms with Gasteiger partial charge in [0.2, 0.25) is 0 Å². The predicted octanol–water partition coefficient (Wildman–Crippen LogP) is 2.76. The number of esters is 2. The van der Waals surface area contributed by atoms with Crippen molar-refractivity contribution in [3.8, 4) is 5.75 Å². The number of pyridine rings is 1. The third kappa shape index (κ3) is 5.32. The first kappa shape index (κ1) is 19.9. The number of rotatable bonds is 7. The number of hydrogen-bond donors (Lipinski definition) is 0. The lowest BCUT2D eigenvalue weighted by atomic mass is 10.2. The molecule has 0 aliphatic rings. The fourth-order valence-corrected chi connectivity index (χ4v) is 2.53. The van der Waals surface area contributed by atoms with Gasteiger partial charge in [-0.1, -0.05) is 60.7 Å². The van der Waals surface area contributed by atoms with Gasteiger partial charge >= 0.3 is 17.5 Å². The van der Waals surface area contributed by atoms with E-state index in [0.717, 1.165) is 15.9 Å². The number of carbonyl (C=O) groups is 2. The van der Waals surface area contributed by atoms with Crippen LogP contribution in [-0.2, 0) is 22.7 Å². The van der Waals surface area contributed by atoms with Gasteiger partial charge in [0.05, 0.1) is 0 Å². The second-order valence-corrected chi connectivity index (χ2v) is 6.10. The van der Waals surface area contributed by atoms with Crippen LogP contribution < -0.4 is 15.1 Å². The number of hydrogen-bond acceptors (Lipinski definition) is 6. The summed E-state index contributed by atoms with van der Waals surface area (Å²) in [7, 11) is 0. The molecule has 7 heteroatoms. The molecule has 0 aliphatic heterocycles. The van der Waals surface area contributed by atoms with E-state index in [0.29, 0.717) is 0 Å². The van der Waals surface area contributed by atoms with E-state index >= 15 is 0 Å². The largest absolute Gasteiger partial charge is 0.456 e. The standard InChI is InChI=1S/C22H19NO6/c1-16(24)29-20-13-12-19(22(26)27-14-17-8-4-2-5-9-17)23(21(20)25)28-15-18-10-6-3-7-11-18/h2-13H,14-15H2,1H3. The maximum atomic E-state index is 12.7. The van der Waals surface area contributed by atoms with Crippen LogP contribution in [-0.4, -0.2) is 16.7 Å². The summed E-state index contributed by atoms with van der Waals surface area (Å²) in [4.78, 5) is 42.0. The van der Waals surface area contributed by atoms with Gasteiger partial charge in [0.1, 0.15) is 13.2 Å². The van der Waals surface area contributed by atoms with E-state index in [2.05, 4.69) is 0 Å². The molecule has 0 fully saturated rings. The van der Waals surface area contributed by atoms with Crippen molar-refractivity contribution in [3.05, 3.63) is 100.0 Å². The van der Waals surface area contributed by atoms with E-state index in [1.165, 1.54) is 19.1 Å². The van der Waals surface area contributed by atoms with Gasteiger partial charge in [0, 0.05) is 6.92 Å². The summed E-state index contributed by atoms with van der Waals surface area (Å²) in [5, 5.41) is 0. The summed E-state index contributed by atoms with van der Waals surface area (Å²) >= 11 is 0. The van der Waals surface area contributed by atoms with Crippen molar-refractivity contribution >= 4 is 11.9 Å². The fraction of sp³-hybridized carbons (Fsp3) is 0.136. The van der Waals surface area contributed by atoms with Crippen molar-refractivity contribution < 1.29 is 23.9 Å². The van der Waals surface area contributed by atoms with E-state index < -0.39 is 17.5 Å². The molecule has 0 aliphatic carbocycles. The van der Waals surface area contributed by atoms with E-state index in [-0.39, 0.29) is 24.7 Å². The molecule has 2 aromatic carbocycles. The molecule has 0 saturated carbocycles. The molecule has 0 unspecified atom stereocenters. The van der Waals surface area contributed by atoms with E-state index in [4.69, 9.17) is 14.3 Å². The van der Waals surface area contributed by atoms with Crippen molar-refractivity contribution in [2.45, 2.75) is 20.1 Å². The van der Waals surface area contributed by atoms with Crippen LogP contribution in [0.2, 0.25) is 0 Å². The fourth-order valence-electron chi connectivity index (χ4n) is 2.53. The van der Waals surface area contributed by atoms with Crippen molar-refractivity contribution in [1.29, 1.82) is 0 Å². The first-order valence-electron chi connectivity index (χ1n) is 8.87. The van der Waals surface area contributed by atoms with Gasteiger partial charge < -0.3 is 14.3 Å². The lowest BCUT2D eigenvalue weighted by Gasteiger charge is -2.14. The van der Waals surface area contributed by atoms with E-state index in [1.807, 2.05) is 60.7 Å². The molecule has 29 heavy (non-hydrogen) atoms. The minimum absolute atomic E-state index is 0.0310. The molecule has 0 N–H and O–H groups in total. The van der Waals surface area contributed by atoms with Gasteiger partial charge in [-0.3, -0.25) is 9.59 Å². The Morgan fingerprint density at radius 1 is 0.828 bits per heavy atom. The Morgan fingerprint density at radius 2 is 1.41 bits per heavy atom. The predicted molar refractivity (Wildman–Crippen MR) is 104 cm³/mol. The Bertz CT molecular complexity index is 1040. The molecule has 3 rings (SSSR count). The summed E-state index contributed by atoms with van der Waals surface area (Å²) in [6.07, 6.45) is 0. The average molecular weight is 393 g/mol. The first-order chi connectivity index (χ1) is 14.0. The molecule has 3 aromatic rings. The van der Waals surface area contributed by atoms with Crippen LogP contribution in [0.4, 0.5) is 0 Å². The highest BCUT2D eigenvalue weighted by Crippen LogP contribution is 2.10. The molecule has 0 bridgehead atoms. The minimum atomic E-state index is -0.773. The Morgan fingerprint density at radius 3 is 2.00 bits per heavy atom. The van der Waals surface area contributed by atoms with Crippen LogP contribution in [0.5, 0.6) is 5.75 Å². The molecule has 0 spiro atoms. The second-order valence-electron chi connectivity index (χ2n) is 6.10. The van der Waals surface area contributed by atoms with Gasteiger partial charge in [-0.15, -0.1) is 4.73 Å². The molecule has 0 saturated heterocycles. The van der Waals surface area contributed by atoms with Gasteiger partial charge in [0.25, 0.3) is 0 Å². The SMILES string of the molecule is CC(=O)Oc1ccc(C(=O)OCc2ccccc2)n(OCc2ccccc2)c1=O. The van der Waals surface area contributed by atoms with Crippen LogP contribution >= 0.6 is 0 Å². The molecule has 7 nitrogen and oxygen atoms in total. The normalized spacial score (nSPS) is 10.2. The zero-order valence-electron chi connectivity index (χ0n) is 15.7. The number of carbonyl (C=O) groups excluding carboxylic acids is 2. The molecular formula is C22H19NO6. The van der Waals surface area contributed by atoms with Crippen molar-refractivity contribution in [2.24, 2.45) is 0 Å². The molecule has 1 aromatic heterocycles. The maximum absolute atomic E-state index is 12.7. The molecule has 0 atom stereocenters. The summed E-state index contributed by atoms with van der Waals surface area (Å²) < 4.78 is 11.0. The third-order valence-corrected chi connectivity index (χ3v) is 3.89.